The van der Waals surface area contributed by atoms with Gasteiger partial charge in [-0.15, -0.1) is 0 Å². The molecule has 0 unspecified atom stereocenters. The van der Waals surface area contributed by atoms with E-state index < -0.39 is 24.1 Å². The van der Waals surface area contributed by atoms with E-state index in [1.807, 2.05) is 42.5 Å². The number of benzene rings is 1. The first-order valence-corrected chi connectivity index (χ1v) is 8.32. The molecule has 1 heterocycles. The topological polar surface area (TPSA) is 61.8 Å². The van der Waals surface area contributed by atoms with Crippen molar-refractivity contribution >= 4 is 32.4 Å². The minimum Gasteiger partial charge on any atom is -0.463 e. The molecule has 0 N–H and O–H groups in total. The maximum Gasteiger partial charge on any atom is 0.303 e. The Kier molecular flexibility index (Phi) is 6.75. The van der Waals surface area contributed by atoms with Gasteiger partial charge in [-0.3, -0.25) is 9.59 Å². The van der Waals surface area contributed by atoms with Crippen LogP contribution in [0, 0.1) is 0 Å². The van der Waals surface area contributed by atoms with Crippen LogP contribution >= 0.6 is 15.9 Å². The molecule has 128 valence electrons. The molecule has 2 rings (SSSR count). The maximum absolute atomic E-state index is 11.2. The summed E-state index contributed by atoms with van der Waals surface area (Å²) in [5, 5.41) is 0. The molecule has 3 atom stereocenters. The molecule has 0 radical (unpaired) electrons. The number of hydrogen-bond acceptors (Lipinski definition) is 5. The Labute approximate surface area is 149 Å². The number of hydrogen-bond donors (Lipinski definition) is 0. The zero-order valence-electron chi connectivity index (χ0n) is 13.5. The van der Waals surface area contributed by atoms with Crippen molar-refractivity contribution in [2.75, 3.05) is 6.61 Å². The summed E-state index contributed by atoms with van der Waals surface area (Å²) in [6, 6.07) is 9.79. The zero-order valence-corrected chi connectivity index (χ0v) is 15.1. The van der Waals surface area contributed by atoms with E-state index in [1.54, 1.807) is 6.08 Å². The van der Waals surface area contributed by atoms with Crippen LogP contribution in [0.4, 0.5) is 0 Å². The Hall–Kier alpha value is -1.92. The molecule has 24 heavy (non-hydrogen) atoms. The van der Waals surface area contributed by atoms with Gasteiger partial charge in [0.1, 0.15) is 18.8 Å². The number of carbonyl (C=O) groups is 2. The summed E-state index contributed by atoms with van der Waals surface area (Å²) in [5.74, 6) is -0.826. The summed E-state index contributed by atoms with van der Waals surface area (Å²) in [6.45, 7) is 2.67. The maximum atomic E-state index is 11.2. The minimum atomic E-state index is -0.581. The normalized spacial score (nSPS) is 23.6. The monoisotopic (exact) mass is 394 g/mol. The second kappa shape index (κ2) is 8.80. The van der Waals surface area contributed by atoms with Crippen molar-refractivity contribution < 1.29 is 23.8 Å². The van der Waals surface area contributed by atoms with Crippen LogP contribution in [0.25, 0.3) is 4.48 Å². The number of carbonyl (C=O) groups excluding carboxylic acids is 2. The average Bonchev–Trinajstić information content (AvgIpc) is 2.55. The number of ether oxygens (including phenoxy) is 3. The van der Waals surface area contributed by atoms with Gasteiger partial charge in [0.05, 0.1) is 6.10 Å². The molecule has 1 aliphatic heterocycles. The molecule has 1 aromatic carbocycles. The Balaban J connectivity index is 2.12. The molecule has 0 spiro atoms. The average molecular weight is 395 g/mol. The van der Waals surface area contributed by atoms with Crippen LogP contribution in [-0.4, -0.2) is 36.9 Å². The first kappa shape index (κ1) is 18.4. The molecular formula is C18H19BrO5. The third kappa shape index (κ3) is 5.62. The van der Waals surface area contributed by atoms with E-state index in [2.05, 4.69) is 15.9 Å². The Morgan fingerprint density at radius 3 is 2.50 bits per heavy atom. The first-order chi connectivity index (χ1) is 11.5. The van der Waals surface area contributed by atoms with Crippen LogP contribution in [0.5, 0.6) is 0 Å². The lowest BCUT2D eigenvalue weighted by atomic mass is 10.1. The summed E-state index contributed by atoms with van der Waals surface area (Å²) in [4.78, 5) is 22.2. The predicted octanol–water partition coefficient (Wildman–Crippen LogP) is 3.24. The molecule has 0 saturated carbocycles. The second-order valence-electron chi connectivity index (χ2n) is 5.28. The van der Waals surface area contributed by atoms with Crippen LogP contribution in [-0.2, 0) is 23.8 Å². The minimum absolute atomic E-state index is 0.0188. The van der Waals surface area contributed by atoms with E-state index in [4.69, 9.17) is 14.2 Å². The first-order valence-electron chi connectivity index (χ1n) is 7.53. The van der Waals surface area contributed by atoms with Gasteiger partial charge in [-0.1, -0.05) is 52.3 Å². The quantitative estimate of drug-likeness (QED) is 0.566. The van der Waals surface area contributed by atoms with E-state index in [1.165, 1.54) is 13.8 Å². The van der Waals surface area contributed by atoms with Crippen molar-refractivity contribution in [2.45, 2.75) is 32.2 Å². The summed E-state index contributed by atoms with van der Waals surface area (Å²) in [7, 11) is 0. The van der Waals surface area contributed by atoms with Gasteiger partial charge >= 0.3 is 11.9 Å². The molecule has 1 aromatic rings. The highest BCUT2D eigenvalue weighted by molar-refractivity contribution is 9.15. The van der Waals surface area contributed by atoms with E-state index in [0.717, 1.165) is 10.0 Å². The van der Waals surface area contributed by atoms with Crippen molar-refractivity contribution in [3.8, 4) is 0 Å². The highest BCUT2D eigenvalue weighted by Crippen LogP contribution is 2.25. The highest BCUT2D eigenvalue weighted by atomic mass is 79.9. The van der Waals surface area contributed by atoms with E-state index in [9.17, 15) is 9.59 Å². The summed E-state index contributed by atoms with van der Waals surface area (Å²) in [5.41, 5.74) is 1.02. The molecule has 0 fully saturated rings. The van der Waals surface area contributed by atoms with Gasteiger partial charge in [0, 0.05) is 18.3 Å². The molecule has 0 amide bonds. The largest absolute Gasteiger partial charge is 0.463 e. The standard InChI is InChI=1S/C18H19BrO5/c1-12(20)22-11-18-17(23-13(2)21)9-8-15(24-18)10-16(19)14-6-4-3-5-7-14/h3-10,15,17-18H,11H2,1-2H3/b16-10+/t15-,17+,18+/m0/s1. The summed E-state index contributed by atoms with van der Waals surface area (Å²) in [6.07, 6.45) is 4.00. The summed E-state index contributed by atoms with van der Waals surface area (Å²) >= 11 is 3.54. The number of halogens is 1. The van der Waals surface area contributed by atoms with Gasteiger partial charge in [0.2, 0.25) is 0 Å². The molecule has 1 aliphatic rings. The van der Waals surface area contributed by atoms with Gasteiger partial charge in [-0.25, -0.2) is 0 Å². The number of esters is 2. The van der Waals surface area contributed by atoms with Crippen LogP contribution < -0.4 is 0 Å². The smallest absolute Gasteiger partial charge is 0.303 e. The Bertz CT molecular complexity index is 638. The molecule has 0 saturated heterocycles. The fourth-order valence-corrected chi connectivity index (χ4v) is 2.77. The van der Waals surface area contributed by atoms with E-state index in [-0.39, 0.29) is 12.7 Å². The van der Waals surface area contributed by atoms with Gasteiger partial charge in [0.25, 0.3) is 0 Å². The van der Waals surface area contributed by atoms with Crippen molar-refractivity contribution in [1.29, 1.82) is 0 Å². The lowest BCUT2D eigenvalue weighted by Gasteiger charge is -2.30. The van der Waals surface area contributed by atoms with Crippen LogP contribution in [0.2, 0.25) is 0 Å². The van der Waals surface area contributed by atoms with Gasteiger partial charge in [-0.2, -0.15) is 0 Å². The number of rotatable bonds is 5. The zero-order chi connectivity index (χ0) is 17.5. The molecular weight excluding hydrogens is 376 g/mol. The highest BCUT2D eigenvalue weighted by Gasteiger charge is 2.30. The molecule has 0 aliphatic carbocycles. The fraction of sp³-hybridized carbons (Fsp3) is 0.333. The second-order valence-corrected chi connectivity index (χ2v) is 6.14. The SMILES string of the molecule is CC(=O)OC[C@H]1O[C@H](/C=C(/Br)c2ccccc2)C=C[C@H]1OC(C)=O. The van der Waals surface area contributed by atoms with Gasteiger partial charge < -0.3 is 14.2 Å². The van der Waals surface area contributed by atoms with Crippen LogP contribution in [0.3, 0.4) is 0 Å². The lowest BCUT2D eigenvalue weighted by molar-refractivity contribution is -0.161. The Morgan fingerprint density at radius 1 is 1.17 bits per heavy atom. The van der Waals surface area contributed by atoms with Gasteiger partial charge in [0.15, 0.2) is 0 Å². The van der Waals surface area contributed by atoms with Crippen LogP contribution in [0.1, 0.15) is 19.4 Å². The Morgan fingerprint density at radius 2 is 1.88 bits per heavy atom. The predicted molar refractivity (Wildman–Crippen MR) is 93.3 cm³/mol. The van der Waals surface area contributed by atoms with Crippen molar-refractivity contribution in [1.82, 2.24) is 0 Å². The molecule has 0 aromatic heterocycles. The van der Waals surface area contributed by atoms with E-state index in [0.29, 0.717) is 0 Å². The summed E-state index contributed by atoms with van der Waals surface area (Å²) < 4.78 is 17.0. The molecule has 0 bridgehead atoms. The fourth-order valence-electron chi connectivity index (χ4n) is 2.24. The van der Waals surface area contributed by atoms with E-state index >= 15 is 0 Å². The third-order valence-corrected chi connectivity index (χ3v) is 4.02. The van der Waals surface area contributed by atoms with Crippen molar-refractivity contribution in [3.05, 3.63) is 54.1 Å². The van der Waals surface area contributed by atoms with Crippen molar-refractivity contribution in [2.24, 2.45) is 0 Å². The molecule has 6 heteroatoms. The van der Waals surface area contributed by atoms with Crippen LogP contribution in [0.15, 0.2) is 48.6 Å². The van der Waals surface area contributed by atoms with Gasteiger partial charge in [-0.05, 0) is 17.7 Å². The molecule has 5 nitrogen and oxygen atoms in total. The van der Waals surface area contributed by atoms with Crippen molar-refractivity contribution in [3.63, 3.8) is 0 Å². The lowest BCUT2D eigenvalue weighted by Crippen LogP contribution is -2.41. The third-order valence-electron chi connectivity index (χ3n) is 3.30.